The van der Waals surface area contributed by atoms with Gasteiger partial charge >= 0.3 is 77.2 Å². The number of rotatable bonds is 4. The number of hydrogen-bond acceptors (Lipinski definition) is 8. The van der Waals surface area contributed by atoms with Crippen molar-refractivity contribution in [3.05, 3.63) is 0 Å². The molecule has 0 amide bonds. The quantitative estimate of drug-likeness (QED) is 0.503. The predicted molar refractivity (Wildman–Crippen MR) is 26.8 cm³/mol. The van der Waals surface area contributed by atoms with Crippen molar-refractivity contribution in [2.24, 2.45) is 0 Å². The Morgan fingerprint density at radius 2 is 0.846 bits per heavy atom. The Balaban J connectivity index is 4.66. The molecule has 0 bridgehead atoms. The molecule has 0 unspecified atom stereocenters. The van der Waals surface area contributed by atoms with Crippen LogP contribution in [0.15, 0.2) is 0 Å². The Morgan fingerprint density at radius 3 is 1.00 bits per heavy atom. The van der Waals surface area contributed by atoms with Crippen molar-refractivity contribution in [3.8, 4) is 25.0 Å². The summed E-state index contributed by atoms with van der Waals surface area (Å²) in [5, 5.41) is 32.4. The summed E-state index contributed by atoms with van der Waals surface area (Å²) in [6, 6.07) is 0. The second-order valence-corrected chi connectivity index (χ2v) is 4.75. The van der Waals surface area contributed by atoms with E-state index in [9.17, 15) is 0 Å². The first-order chi connectivity index (χ1) is 6.24. The van der Waals surface area contributed by atoms with Gasteiger partial charge in [-0.3, -0.25) is 0 Å². The summed E-state index contributed by atoms with van der Waals surface area (Å²) in [5.74, 6) is 0. The topological polar surface area (TPSA) is 132 Å². The zero-order valence-corrected chi connectivity index (χ0v) is 7.84. The van der Waals surface area contributed by atoms with Crippen molar-refractivity contribution in [1.82, 2.24) is 0 Å². The van der Waals surface area contributed by atoms with E-state index in [1.807, 2.05) is 0 Å². The number of hydrogen-bond donors (Lipinski definition) is 0. The fourth-order valence-corrected chi connectivity index (χ4v) is 1.68. The molecule has 8 nitrogen and oxygen atoms in total. The van der Waals surface area contributed by atoms with Crippen molar-refractivity contribution < 1.29 is 31.1 Å². The van der Waals surface area contributed by atoms with E-state index in [4.69, 9.17) is 21.0 Å². The summed E-state index contributed by atoms with van der Waals surface area (Å²) in [6.45, 7) is 0. The normalized spacial score (nSPS) is 8.92. The van der Waals surface area contributed by atoms with Crippen molar-refractivity contribution in [2.75, 3.05) is 0 Å². The number of nitrogens with zero attached hydrogens (tertiary/aromatic N) is 4. The van der Waals surface area contributed by atoms with E-state index in [-0.39, 0.29) is 0 Å². The minimum atomic E-state index is -4.79. The molecule has 0 aliphatic heterocycles. The second kappa shape index (κ2) is 5.49. The van der Waals surface area contributed by atoms with E-state index in [0.29, 0.717) is 0 Å². The molecule has 0 aromatic heterocycles. The van der Waals surface area contributed by atoms with Gasteiger partial charge in [0.05, 0.1) is 0 Å². The summed E-state index contributed by atoms with van der Waals surface area (Å²) in [6.07, 6.45) is 4.48. The van der Waals surface area contributed by atoms with Gasteiger partial charge in [0, 0.05) is 0 Å². The summed E-state index contributed by atoms with van der Waals surface area (Å²) >= 11 is -4.79. The van der Waals surface area contributed by atoms with Gasteiger partial charge in [-0.2, -0.15) is 0 Å². The Labute approximate surface area is 77.6 Å². The van der Waals surface area contributed by atoms with Crippen LogP contribution in [0.2, 0.25) is 0 Å². The van der Waals surface area contributed by atoms with Crippen LogP contribution in [0.3, 0.4) is 0 Å². The summed E-state index contributed by atoms with van der Waals surface area (Å²) in [5.41, 5.74) is 0. The summed E-state index contributed by atoms with van der Waals surface area (Å²) in [4.78, 5) is 0. The first kappa shape index (κ1) is 10.8. The summed E-state index contributed by atoms with van der Waals surface area (Å²) < 4.78 is 16.4. The standard InChI is InChI=1S/4CHNO.Mo/c4*2-1-3;/h4*3H;/q;;;;+4/p-4. The van der Waals surface area contributed by atoms with Gasteiger partial charge in [0.2, 0.25) is 0 Å². The van der Waals surface area contributed by atoms with Crippen LogP contribution in [0.25, 0.3) is 0 Å². The zero-order chi connectivity index (χ0) is 10.2. The molecule has 0 rings (SSSR count). The molecule has 9 heteroatoms. The molecule has 0 saturated heterocycles. The molecule has 0 aliphatic rings. The Kier molecular flexibility index (Phi) is 4.58. The maximum absolute atomic E-state index is 8.09. The van der Waals surface area contributed by atoms with Crippen LogP contribution in [-0.2, 0) is 31.1 Å². The molecule has 66 valence electrons. The van der Waals surface area contributed by atoms with E-state index in [0.717, 1.165) is 25.0 Å². The van der Waals surface area contributed by atoms with E-state index in [2.05, 4.69) is 13.6 Å². The van der Waals surface area contributed by atoms with Crippen LogP contribution in [0.4, 0.5) is 0 Å². The minimum absolute atomic E-state index is 1.12. The first-order valence-corrected chi connectivity index (χ1v) is 5.65. The van der Waals surface area contributed by atoms with E-state index >= 15 is 0 Å². The molecular formula is C4MoN4O4. The van der Waals surface area contributed by atoms with Crippen molar-refractivity contribution in [2.45, 2.75) is 0 Å². The molecule has 0 atom stereocenters. The SMILES string of the molecule is N#C[O][Mo]([O]C#N)([O]C#N)[O]C#N. The van der Waals surface area contributed by atoms with Gasteiger partial charge in [0.1, 0.15) is 0 Å². The molecule has 0 aromatic rings. The van der Waals surface area contributed by atoms with Crippen molar-refractivity contribution in [3.63, 3.8) is 0 Å². The number of nitriles is 4. The van der Waals surface area contributed by atoms with Gasteiger partial charge in [-0.1, -0.05) is 0 Å². The molecule has 0 spiro atoms. The van der Waals surface area contributed by atoms with Crippen LogP contribution in [-0.4, -0.2) is 0 Å². The Hall–Kier alpha value is -2.15. The fraction of sp³-hybridized carbons (Fsp3) is 0. The molecule has 0 saturated carbocycles. The predicted octanol–water partition coefficient (Wildman–Crippen LogP) is -0.209. The zero-order valence-electron chi connectivity index (χ0n) is 5.83. The van der Waals surface area contributed by atoms with Crippen molar-refractivity contribution >= 4 is 0 Å². The Morgan fingerprint density at radius 1 is 0.615 bits per heavy atom. The third kappa shape index (κ3) is 3.16. The third-order valence-electron chi connectivity index (χ3n) is 0.557. The third-order valence-corrected chi connectivity index (χ3v) is 3.30. The molecule has 0 heterocycles. The summed E-state index contributed by atoms with van der Waals surface area (Å²) in [7, 11) is 0. The van der Waals surface area contributed by atoms with Gasteiger partial charge in [-0.15, -0.1) is 0 Å². The van der Waals surface area contributed by atoms with E-state index in [1.54, 1.807) is 0 Å². The van der Waals surface area contributed by atoms with Gasteiger partial charge in [-0.25, -0.2) is 0 Å². The maximum atomic E-state index is 8.09. The second-order valence-electron chi connectivity index (χ2n) is 1.11. The molecule has 0 N–H and O–H groups in total. The molecular weight excluding hydrogens is 264 g/mol. The van der Waals surface area contributed by atoms with E-state index < -0.39 is 17.6 Å². The van der Waals surface area contributed by atoms with Gasteiger partial charge in [0.25, 0.3) is 0 Å². The average Bonchev–Trinajstić information content (AvgIpc) is 2.06. The van der Waals surface area contributed by atoms with Gasteiger partial charge in [-0.05, 0) is 0 Å². The molecule has 0 aliphatic carbocycles. The van der Waals surface area contributed by atoms with Gasteiger partial charge in [0.15, 0.2) is 0 Å². The van der Waals surface area contributed by atoms with Crippen molar-refractivity contribution in [1.29, 1.82) is 21.0 Å². The van der Waals surface area contributed by atoms with Gasteiger partial charge < -0.3 is 0 Å². The Bertz CT molecular complexity index is 261. The molecule has 0 fully saturated rings. The molecule has 0 radical (unpaired) electrons. The average molecular weight is 264 g/mol. The van der Waals surface area contributed by atoms with Crippen LogP contribution >= 0.6 is 0 Å². The molecule has 13 heavy (non-hydrogen) atoms. The fourth-order valence-electron chi connectivity index (χ4n) is 0.285. The molecule has 0 aromatic carbocycles. The van der Waals surface area contributed by atoms with Crippen LogP contribution in [0.1, 0.15) is 0 Å². The van der Waals surface area contributed by atoms with Crippen LogP contribution in [0, 0.1) is 46.1 Å². The van der Waals surface area contributed by atoms with Crippen LogP contribution in [0.5, 0.6) is 0 Å². The van der Waals surface area contributed by atoms with Crippen LogP contribution < -0.4 is 0 Å². The van der Waals surface area contributed by atoms with E-state index in [1.165, 1.54) is 0 Å². The first-order valence-electron chi connectivity index (χ1n) is 2.38. The monoisotopic (exact) mass is 266 g/mol.